The van der Waals surface area contributed by atoms with Crippen molar-refractivity contribution in [2.24, 2.45) is 0 Å². The standard InChI is InChI=1S/C11H15Cl2N3O/c1-11(2)6-7(3-4-17-11)14-8-5-9(12)15-16-10(8)13/h5,7H,3-4,6H2,1-2H3,(H,14,15). The molecule has 1 N–H and O–H groups in total. The van der Waals surface area contributed by atoms with Gasteiger partial charge < -0.3 is 10.1 Å². The van der Waals surface area contributed by atoms with E-state index in [1.807, 2.05) is 0 Å². The molecule has 0 aliphatic carbocycles. The summed E-state index contributed by atoms with van der Waals surface area (Å²) in [6, 6.07) is 2.01. The predicted molar refractivity (Wildman–Crippen MR) is 68.7 cm³/mol. The van der Waals surface area contributed by atoms with Gasteiger partial charge in [0, 0.05) is 18.7 Å². The lowest BCUT2D eigenvalue weighted by Gasteiger charge is -2.36. The summed E-state index contributed by atoms with van der Waals surface area (Å²) in [5.41, 5.74) is 0.626. The molecule has 1 unspecified atom stereocenters. The third-order valence-electron chi connectivity index (χ3n) is 2.78. The summed E-state index contributed by atoms with van der Waals surface area (Å²) in [6.07, 6.45) is 1.86. The van der Waals surface area contributed by atoms with Crippen LogP contribution in [0, 0.1) is 0 Å². The Morgan fingerprint density at radius 2 is 2.18 bits per heavy atom. The van der Waals surface area contributed by atoms with Crippen molar-refractivity contribution < 1.29 is 4.74 Å². The maximum absolute atomic E-state index is 5.96. The fourth-order valence-electron chi connectivity index (χ4n) is 2.03. The molecule has 94 valence electrons. The van der Waals surface area contributed by atoms with E-state index < -0.39 is 0 Å². The molecule has 0 aromatic carbocycles. The van der Waals surface area contributed by atoms with Crippen LogP contribution in [0.5, 0.6) is 0 Å². The molecule has 1 aromatic rings. The van der Waals surface area contributed by atoms with Gasteiger partial charge in [0.05, 0.1) is 11.3 Å². The van der Waals surface area contributed by atoms with E-state index >= 15 is 0 Å². The third-order valence-corrected chi connectivity index (χ3v) is 3.24. The molecule has 2 heterocycles. The molecule has 1 saturated heterocycles. The molecule has 0 saturated carbocycles. The summed E-state index contributed by atoms with van der Waals surface area (Å²) >= 11 is 11.8. The van der Waals surface area contributed by atoms with E-state index in [1.54, 1.807) is 6.07 Å². The first-order chi connectivity index (χ1) is 7.96. The van der Waals surface area contributed by atoms with Crippen molar-refractivity contribution in [3.05, 3.63) is 16.4 Å². The van der Waals surface area contributed by atoms with Crippen LogP contribution >= 0.6 is 23.2 Å². The summed E-state index contributed by atoms with van der Waals surface area (Å²) in [6.45, 7) is 4.91. The molecule has 0 radical (unpaired) electrons. The van der Waals surface area contributed by atoms with E-state index in [-0.39, 0.29) is 5.60 Å². The van der Waals surface area contributed by atoms with E-state index in [9.17, 15) is 0 Å². The van der Waals surface area contributed by atoms with Crippen LogP contribution in [0.4, 0.5) is 5.69 Å². The van der Waals surface area contributed by atoms with Crippen LogP contribution in [0.1, 0.15) is 26.7 Å². The number of nitrogens with zero attached hydrogens (tertiary/aromatic N) is 2. The molecule has 6 heteroatoms. The van der Waals surface area contributed by atoms with Crippen LogP contribution in [0.25, 0.3) is 0 Å². The average Bonchev–Trinajstić information content (AvgIpc) is 2.22. The van der Waals surface area contributed by atoms with Gasteiger partial charge in [-0.15, -0.1) is 10.2 Å². The molecular formula is C11H15Cl2N3O. The Hall–Kier alpha value is -0.580. The van der Waals surface area contributed by atoms with Crippen LogP contribution in [0.3, 0.4) is 0 Å². The largest absolute Gasteiger partial charge is 0.379 e. The zero-order chi connectivity index (χ0) is 12.5. The lowest BCUT2D eigenvalue weighted by molar-refractivity contribution is -0.0553. The average molecular weight is 276 g/mol. The summed E-state index contributed by atoms with van der Waals surface area (Å²) in [7, 11) is 0. The highest BCUT2D eigenvalue weighted by atomic mass is 35.5. The normalized spacial score (nSPS) is 23.4. The molecule has 1 aliphatic heterocycles. The molecule has 2 rings (SSSR count). The second kappa shape index (κ2) is 4.96. The van der Waals surface area contributed by atoms with E-state index in [4.69, 9.17) is 27.9 Å². The van der Waals surface area contributed by atoms with Gasteiger partial charge >= 0.3 is 0 Å². The lowest BCUT2D eigenvalue weighted by Crippen LogP contribution is -2.40. The second-order valence-corrected chi connectivity index (χ2v) is 5.56. The van der Waals surface area contributed by atoms with E-state index in [1.165, 1.54) is 0 Å². The van der Waals surface area contributed by atoms with Gasteiger partial charge in [-0.05, 0) is 26.7 Å². The zero-order valence-electron chi connectivity index (χ0n) is 9.83. The van der Waals surface area contributed by atoms with E-state index in [0.717, 1.165) is 25.1 Å². The smallest absolute Gasteiger partial charge is 0.174 e. The van der Waals surface area contributed by atoms with Crippen molar-refractivity contribution in [1.29, 1.82) is 0 Å². The Bertz CT molecular complexity index is 412. The minimum atomic E-state index is -0.105. The summed E-state index contributed by atoms with van der Waals surface area (Å²) in [5, 5.41) is 11.5. The molecular weight excluding hydrogens is 261 g/mol. The van der Waals surface area contributed by atoms with Crippen LogP contribution < -0.4 is 5.32 Å². The molecule has 4 nitrogen and oxygen atoms in total. The van der Waals surface area contributed by atoms with Crippen molar-refractivity contribution in [1.82, 2.24) is 10.2 Å². The number of ether oxygens (including phenoxy) is 1. The Labute approximate surface area is 111 Å². The SMILES string of the molecule is CC1(C)CC(Nc2cc(Cl)nnc2Cl)CCO1. The number of hydrogen-bond acceptors (Lipinski definition) is 4. The number of hydrogen-bond donors (Lipinski definition) is 1. The predicted octanol–water partition coefficient (Wildman–Crippen LogP) is 3.15. The van der Waals surface area contributed by atoms with Crippen LogP contribution in [-0.4, -0.2) is 28.4 Å². The van der Waals surface area contributed by atoms with E-state index in [2.05, 4.69) is 29.4 Å². The van der Waals surface area contributed by atoms with Gasteiger partial charge in [-0.2, -0.15) is 0 Å². The quantitative estimate of drug-likeness (QED) is 0.901. The van der Waals surface area contributed by atoms with E-state index in [0.29, 0.717) is 16.3 Å². The monoisotopic (exact) mass is 275 g/mol. The van der Waals surface area contributed by atoms with Crippen LogP contribution in [0.15, 0.2) is 6.07 Å². The Morgan fingerprint density at radius 1 is 1.41 bits per heavy atom. The maximum atomic E-state index is 5.96. The highest BCUT2D eigenvalue weighted by Crippen LogP contribution is 2.28. The maximum Gasteiger partial charge on any atom is 0.174 e. The molecule has 0 amide bonds. The summed E-state index contributed by atoms with van der Waals surface area (Å²) < 4.78 is 5.66. The Kier molecular flexibility index (Phi) is 3.76. The van der Waals surface area contributed by atoms with Crippen molar-refractivity contribution in [2.75, 3.05) is 11.9 Å². The first-order valence-corrected chi connectivity index (χ1v) is 6.31. The van der Waals surface area contributed by atoms with Crippen LogP contribution in [-0.2, 0) is 4.74 Å². The third kappa shape index (κ3) is 3.44. The van der Waals surface area contributed by atoms with Gasteiger partial charge in [0.25, 0.3) is 0 Å². The van der Waals surface area contributed by atoms with Gasteiger partial charge in [0.2, 0.25) is 0 Å². The minimum Gasteiger partial charge on any atom is -0.379 e. The van der Waals surface area contributed by atoms with Gasteiger partial charge in [0.15, 0.2) is 10.3 Å². The summed E-state index contributed by atoms with van der Waals surface area (Å²) in [4.78, 5) is 0. The molecule has 1 aliphatic rings. The molecule has 17 heavy (non-hydrogen) atoms. The molecule has 0 bridgehead atoms. The van der Waals surface area contributed by atoms with Gasteiger partial charge in [-0.1, -0.05) is 23.2 Å². The Balaban J connectivity index is 2.07. The first kappa shape index (κ1) is 12.9. The highest BCUT2D eigenvalue weighted by molar-refractivity contribution is 6.33. The number of rotatable bonds is 2. The fraction of sp³-hybridized carbons (Fsp3) is 0.636. The van der Waals surface area contributed by atoms with Crippen molar-refractivity contribution in [3.63, 3.8) is 0 Å². The lowest BCUT2D eigenvalue weighted by atomic mass is 9.94. The summed E-state index contributed by atoms with van der Waals surface area (Å²) in [5.74, 6) is 0. The van der Waals surface area contributed by atoms with Gasteiger partial charge in [-0.3, -0.25) is 0 Å². The van der Waals surface area contributed by atoms with Gasteiger partial charge in [-0.25, -0.2) is 0 Å². The Morgan fingerprint density at radius 3 is 2.88 bits per heavy atom. The molecule has 0 spiro atoms. The topological polar surface area (TPSA) is 47.0 Å². The fourth-order valence-corrected chi connectivity index (χ4v) is 2.32. The van der Waals surface area contributed by atoms with Crippen LogP contribution in [0.2, 0.25) is 10.3 Å². The first-order valence-electron chi connectivity index (χ1n) is 5.55. The van der Waals surface area contributed by atoms with Crippen molar-refractivity contribution in [3.8, 4) is 0 Å². The number of nitrogens with one attached hydrogen (secondary N) is 1. The molecule has 1 aromatic heterocycles. The van der Waals surface area contributed by atoms with Crippen molar-refractivity contribution in [2.45, 2.75) is 38.3 Å². The van der Waals surface area contributed by atoms with Gasteiger partial charge in [0.1, 0.15) is 0 Å². The van der Waals surface area contributed by atoms with Crippen molar-refractivity contribution >= 4 is 28.9 Å². The molecule has 1 fully saturated rings. The number of halogens is 2. The zero-order valence-corrected chi connectivity index (χ0v) is 11.3. The number of anilines is 1. The second-order valence-electron chi connectivity index (χ2n) is 4.81. The molecule has 1 atom stereocenters. The number of aromatic nitrogens is 2. The minimum absolute atomic E-state index is 0.105. The highest BCUT2D eigenvalue weighted by Gasteiger charge is 2.29.